The van der Waals surface area contributed by atoms with Crippen molar-refractivity contribution >= 4 is 0 Å². The van der Waals surface area contributed by atoms with Crippen molar-refractivity contribution in [3.63, 3.8) is 0 Å². The fourth-order valence-electron chi connectivity index (χ4n) is 1.60. The first kappa shape index (κ1) is 9.01. The zero-order chi connectivity index (χ0) is 9.64. The molecule has 0 spiro atoms. The maximum absolute atomic E-state index is 2.22. The van der Waals surface area contributed by atoms with Gasteiger partial charge in [-0.15, -0.1) is 0 Å². The average molecular weight is 182 g/mol. The molecule has 14 heavy (non-hydrogen) atoms. The number of allylic oxidation sites excluding steroid dienone is 12. The lowest BCUT2D eigenvalue weighted by molar-refractivity contribution is 1.01. The molecule has 0 aromatic carbocycles. The van der Waals surface area contributed by atoms with Crippen molar-refractivity contribution in [1.29, 1.82) is 0 Å². The van der Waals surface area contributed by atoms with E-state index in [1.165, 1.54) is 5.57 Å². The lowest BCUT2D eigenvalue weighted by Crippen LogP contribution is -1.93. The predicted molar refractivity (Wildman–Crippen MR) is 61.9 cm³/mol. The van der Waals surface area contributed by atoms with Gasteiger partial charge in [0.25, 0.3) is 0 Å². The number of hydrogen-bond acceptors (Lipinski definition) is 0. The Morgan fingerprint density at radius 2 is 1.64 bits per heavy atom. The second kappa shape index (κ2) is 4.61. The van der Waals surface area contributed by atoms with Crippen molar-refractivity contribution in [3.8, 4) is 0 Å². The molecule has 0 unspecified atom stereocenters. The highest BCUT2D eigenvalue weighted by atomic mass is 14.1. The van der Waals surface area contributed by atoms with Gasteiger partial charge in [-0.25, -0.2) is 0 Å². The molecule has 0 radical (unpaired) electrons. The van der Waals surface area contributed by atoms with Crippen molar-refractivity contribution in [2.75, 3.05) is 0 Å². The topological polar surface area (TPSA) is 0 Å². The molecule has 0 saturated carbocycles. The fraction of sp³-hybridized carbons (Fsp3) is 0.143. The predicted octanol–water partition coefficient (Wildman–Crippen LogP) is 3.73. The molecule has 0 atom stereocenters. The molecule has 0 aromatic rings. The standard InChI is InChI=1S/C14H14/c1-2-6-10-13(9-5-1)14-11-7-3-4-8-12-14/h1-3,5-13H,4H2. The molecule has 0 fully saturated rings. The second-order valence-corrected chi connectivity index (χ2v) is 3.41. The summed E-state index contributed by atoms with van der Waals surface area (Å²) in [5.74, 6) is 0.420. The molecule has 2 aliphatic rings. The van der Waals surface area contributed by atoms with E-state index < -0.39 is 0 Å². The van der Waals surface area contributed by atoms with E-state index in [0.717, 1.165) is 6.42 Å². The van der Waals surface area contributed by atoms with E-state index >= 15 is 0 Å². The Kier molecular flexibility index (Phi) is 2.97. The molecule has 0 heterocycles. The minimum absolute atomic E-state index is 0.420. The van der Waals surface area contributed by atoms with Gasteiger partial charge in [0.15, 0.2) is 0 Å². The van der Waals surface area contributed by atoms with Crippen LogP contribution in [0.4, 0.5) is 0 Å². The molecule has 0 saturated heterocycles. The summed E-state index contributed by atoms with van der Waals surface area (Å²) in [6, 6.07) is 0. The van der Waals surface area contributed by atoms with Gasteiger partial charge in [0, 0.05) is 5.92 Å². The maximum atomic E-state index is 2.22. The van der Waals surface area contributed by atoms with Gasteiger partial charge in [0.05, 0.1) is 0 Å². The van der Waals surface area contributed by atoms with Crippen LogP contribution in [-0.2, 0) is 0 Å². The average Bonchev–Trinajstić information content (AvgIpc) is 2.62. The molecule has 2 rings (SSSR count). The third-order valence-corrected chi connectivity index (χ3v) is 2.36. The van der Waals surface area contributed by atoms with Crippen LogP contribution in [0.3, 0.4) is 0 Å². The summed E-state index contributed by atoms with van der Waals surface area (Å²) < 4.78 is 0. The smallest absolute Gasteiger partial charge is 0.0204 e. The van der Waals surface area contributed by atoms with Crippen molar-refractivity contribution in [2.24, 2.45) is 5.92 Å². The first-order chi connectivity index (χ1) is 6.97. The van der Waals surface area contributed by atoms with E-state index in [1.807, 2.05) is 0 Å². The van der Waals surface area contributed by atoms with Gasteiger partial charge >= 0.3 is 0 Å². The summed E-state index contributed by atoms with van der Waals surface area (Å²) in [4.78, 5) is 0. The maximum Gasteiger partial charge on any atom is 0.0204 e. The molecule has 0 heteroatoms. The summed E-state index contributed by atoms with van der Waals surface area (Å²) >= 11 is 0. The van der Waals surface area contributed by atoms with Crippen LogP contribution >= 0.6 is 0 Å². The van der Waals surface area contributed by atoms with E-state index in [2.05, 4.69) is 66.8 Å². The third kappa shape index (κ3) is 2.23. The van der Waals surface area contributed by atoms with Crippen LogP contribution in [0.1, 0.15) is 6.42 Å². The van der Waals surface area contributed by atoms with Crippen LogP contribution in [0.5, 0.6) is 0 Å². The number of rotatable bonds is 1. The van der Waals surface area contributed by atoms with Gasteiger partial charge in [-0.3, -0.25) is 0 Å². The fourth-order valence-corrected chi connectivity index (χ4v) is 1.60. The molecule has 0 aromatic heterocycles. The highest BCUT2D eigenvalue weighted by molar-refractivity contribution is 5.37. The summed E-state index contributed by atoms with van der Waals surface area (Å²) in [6.45, 7) is 0. The quantitative estimate of drug-likeness (QED) is 0.579. The molecule has 0 amide bonds. The molecular weight excluding hydrogens is 168 g/mol. The summed E-state index contributed by atoms with van der Waals surface area (Å²) in [5.41, 5.74) is 1.36. The molecule has 70 valence electrons. The van der Waals surface area contributed by atoms with Crippen LogP contribution < -0.4 is 0 Å². The first-order valence-corrected chi connectivity index (χ1v) is 5.02. The van der Waals surface area contributed by atoms with Gasteiger partial charge in [0.2, 0.25) is 0 Å². The second-order valence-electron chi connectivity index (χ2n) is 3.41. The van der Waals surface area contributed by atoms with Crippen LogP contribution in [0.25, 0.3) is 0 Å². The van der Waals surface area contributed by atoms with Gasteiger partial charge in [0.1, 0.15) is 0 Å². The lowest BCUT2D eigenvalue weighted by atomic mass is 9.98. The summed E-state index contributed by atoms with van der Waals surface area (Å²) in [6.07, 6.45) is 24.7. The molecule has 0 nitrogen and oxygen atoms in total. The third-order valence-electron chi connectivity index (χ3n) is 2.36. The Hall–Kier alpha value is -1.56. The van der Waals surface area contributed by atoms with Crippen LogP contribution in [0, 0.1) is 5.92 Å². The molecular formula is C14H14. The zero-order valence-electron chi connectivity index (χ0n) is 8.14. The Balaban J connectivity index is 2.22. The summed E-state index contributed by atoms with van der Waals surface area (Å²) in [7, 11) is 0. The van der Waals surface area contributed by atoms with E-state index in [9.17, 15) is 0 Å². The minimum Gasteiger partial charge on any atom is -0.0807 e. The van der Waals surface area contributed by atoms with Crippen molar-refractivity contribution in [1.82, 2.24) is 0 Å². The van der Waals surface area contributed by atoms with Gasteiger partial charge in [-0.1, -0.05) is 66.8 Å². The Morgan fingerprint density at radius 3 is 2.43 bits per heavy atom. The van der Waals surface area contributed by atoms with Gasteiger partial charge in [-0.2, -0.15) is 0 Å². The largest absolute Gasteiger partial charge is 0.0807 e. The lowest BCUT2D eigenvalue weighted by Gasteiger charge is -2.07. The molecule has 0 N–H and O–H groups in total. The molecule has 0 bridgehead atoms. The SMILES string of the molecule is C1=CC=CC(C2=CC=CCC=C2)C=C1. The van der Waals surface area contributed by atoms with Crippen molar-refractivity contribution < 1.29 is 0 Å². The number of hydrogen-bond donors (Lipinski definition) is 0. The van der Waals surface area contributed by atoms with Gasteiger partial charge in [-0.05, 0) is 12.0 Å². The first-order valence-electron chi connectivity index (χ1n) is 5.02. The van der Waals surface area contributed by atoms with Crippen LogP contribution in [0.15, 0.2) is 72.4 Å². The Labute approximate surface area is 85.3 Å². The van der Waals surface area contributed by atoms with Crippen LogP contribution in [0.2, 0.25) is 0 Å². The van der Waals surface area contributed by atoms with E-state index in [1.54, 1.807) is 0 Å². The highest BCUT2D eigenvalue weighted by Gasteiger charge is 2.04. The van der Waals surface area contributed by atoms with Crippen molar-refractivity contribution in [3.05, 3.63) is 72.4 Å². The molecule has 0 aliphatic heterocycles. The Morgan fingerprint density at radius 1 is 0.857 bits per heavy atom. The van der Waals surface area contributed by atoms with E-state index in [4.69, 9.17) is 0 Å². The Bertz CT molecular complexity index is 343. The van der Waals surface area contributed by atoms with E-state index in [-0.39, 0.29) is 0 Å². The van der Waals surface area contributed by atoms with Crippen LogP contribution in [-0.4, -0.2) is 0 Å². The summed E-state index contributed by atoms with van der Waals surface area (Å²) in [5, 5.41) is 0. The minimum atomic E-state index is 0.420. The normalized spacial score (nSPS) is 20.7. The zero-order valence-corrected chi connectivity index (χ0v) is 8.14. The van der Waals surface area contributed by atoms with E-state index in [0.29, 0.717) is 5.92 Å². The monoisotopic (exact) mass is 182 g/mol. The van der Waals surface area contributed by atoms with Gasteiger partial charge < -0.3 is 0 Å². The van der Waals surface area contributed by atoms with Crippen molar-refractivity contribution in [2.45, 2.75) is 6.42 Å². The highest BCUT2D eigenvalue weighted by Crippen LogP contribution is 2.19. The molecule has 2 aliphatic carbocycles.